The molecular weight excluding hydrogens is 661 g/mol. The van der Waals surface area contributed by atoms with E-state index in [-0.39, 0.29) is 31.1 Å². The van der Waals surface area contributed by atoms with Crippen molar-refractivity contribution in [3.8, 4) is 0 Å². The SMILES string of the molecule is CCC(C)CCCCCCCCCCCCC(=O)O[C@@H](COC(=O)CCCCCCCCCCC(C)C)COC(=O)CCCCCCCCC(C)CC. The van der Waals surface area contributed by atoms with Gasteiger partial charge >= 0.3 is 17.9 Å². The summed E-state index contributed by atoms with van der Waals surface area (Å²) in [6.07, 6.45) is 35.1. The van der Waals surface area contributed by atoms with Gasteiger partial charge in [-0.3, -0.25) is 14.4 Å². The molecule has 0 aliphatic heterocycles. The molecule has 3 atom stereocenters. The van der Waals surface area contributed by atoms with Crippen molar-refractivity contribution in [2.45, 2.75) is 253 Å². The van der Waals surface area contributed by atoms with Crippen molar-refractivity contribution in [1.29, 1.82) is 0 Å². The maximum absolute atomic E-state index is 12.7. The Morgan fingerprint density at radius 3 is 0.981 bits per heavy atom. The predicted molar refractivity (Wildman–Crippen MR) is 224 cm³/mol. The lowest BCUT2D eigenvalue weighted by Gasteiger charge is -2.18. The van der Waals surface area contributed by atoms with Gasteiger partial charge < -0.3 is 14.2 Å². The van der Waals surface area contributed by atoms with Gasteiger partial charge in [0.05, 0.1) is 0 Å². The van der Waals surface area contributed by atoms with Crippen molar-refractivity contribution in [3.05, 3.63) is 0 Å². The molecule has 2 unspecified atom stereocenters. The molecule has 6 nitrogen and oxygen atoms in total. The summed E-state index contributed by atoms with van der Waals surface area (Å²) in [5.41, 5.74) is 0. The third kappa shape index (κ3) is 38.5. The van der Waals surface area contributed by atoms with Crippen LogP contribution in [0.4, 0.5) is 0 Å². The highest BCUT2D eigenvalue weighted by molar-refractivity contribution is 5.71. The van der Waals surface area contributed by atoms with Crippen LogP contribution >= 0.6 is 0 Å². The van der Waals surface area contributed by atoms with E-state index < -0.39 is 6.10 Å². The maximum atomic E-state index is 12.7. The molecule has 0 aliphatic rings. The summed E-state index contributed by atoms with van der Waals surface area (Å²) in [5.74, 6) is 1.61. The second-order valence-corrected chi connectivity index (χ2v) is 17.0. The fraction of sp³-hybridized carbons (Fsp3) is 0.936. The number of carbonyl (C=O) groups excluding carboxylic acids is 3. The van der Waals surface area contributed by atoms with Gasteiger partial charge in [0.25, 0.3) is 0 Å². The van der Waals surface area contributed by atoms with Crippen LogP contribution in [0, 0.1) is 17.8 Å². The third-order valence-electron chi connectivity index (χ3n) is 11.1. The zero-order valence-corrected chi connectivity index (χ0v) is 36.3. The van der Waals surface area contributed by atoms with Crippen molar-refractivity contribution >= 4 is 17.9 Å². The number of unbranched alkanes of at least 4 members (excludes halogenated alkanes) is 21. The van der Waals surface area contributed by atoms with Crippen LogP contribution in [0.3, 0.4) is 0 Å². The fourth-order valence-corrected chi connectivity index (χ4v) is 6.81. The summed E-state index contributed by atoms with van der Waals surface area (Å²) < 4.78 is 16.7. The molecule has 0 aliphatic carbocycles. The van der Waals surface area contributed by atoms with E-state index in [4.69, 9.17) is 14.2 Å². The number of carbonyl (C=O) groups is 3. The molecule has 314 valence electrons. The lowest BCUT2D eigenvalue weighted by Crippen LogP contribution is -2.30. The first-order chi connectivity index (χ1) is 25.7. The minimum Gasteiger partial charge on any atom is -0.462 e. The summed E-state index contributed by atoms with van der Waals surface area (Å²) in [6.45, 7) is 13.6. The number of esters is 3. The number of rotatable bonds is 40. The van der Waals surface area contributed by atoms with Crippen LogP contribution in [0.15, 0.2) is 0 Å². The lowest BCUT2D eigenvalue weighted by molar-refractivity contribution is -0.167. The number of hydrogen-bond donors (Lipinski definition) is 0. The molecule has 6 heteroatoms. The molecule has 0 saturated carbocycles. The quantitative estimate of drug-likeness (QED) is 0.0352. The summed E-state index contributed by atoms with van der Waals surface area (Å²) >= 11 is 0. The van der Waals surface area contributed by atoms with Gasteiger partial charge in [-0.05, 0) is 37.0 Å². The molecule has 53 heavy (non-hydrogen) atoms. The molecule has 0 rings (SSSR count). The average Bonchev–Trinajstić information content (AvgIpc) is 3.14. The van der Waals surface area contributed by atoms with Crippen molar-refractivity contribution in [3.63, 3.8) is 0 Å². The fourth-order valence-electron chi connectivity index (χ4n) is 6.81. The molecule has 0 heterocycles. The molecular formula is C47H90O6. The van der Waals surface area contributed by atoms with Crippen LogP contribution in [0.5, 0.6) is 0 Å². The second-order valence-electron chi connectivity index (χ2n) is 17.0. The molecule has 0 N–H and O–H groups in total. The monoisotopic (exact) mass is 751 g/mol. The summed E-state index contributed by atoms with van der Waals surface area (Å²) in [4.78, 5) is 37.7. The first-order valence-electron chi connectivity index (χ1n) is 23.2. The normalized spacial score (nSPS) is 13.2. The largest absolute Gasteiger partial charge is 0.462 e. The van der Waals surface area contributed by atoms with Crippen molar-refractivity contribution in [2.24, 2.45) is 17.8 Å². The molecule has 0 bridgehead atoms. The Bertz CT molecular complexity index is 826. The van der Waals surface area contributed by atoms with Crippen molar-refractivity contribution in [1.82, 2.24) is 0 Å². The van der Waals surface area contributed by atoms with Crippen molar-refractivity contribution < 1.29 is 28.6 Å². The highest BCUT2D eigenvalue weighted by Gasteiger charge is 2.19. The Hall–Kier alpha value is -1.59. The first kappa shape index (κ1) is 51.4. The minimum absolute atomic E-state index is 0.0670. The van der Waals surface area contributed by atoms with Gasteiger partial charge in [0.15, 0.2) is 6.10 Å². The Kier molecular flexibility index (Phi) is 37.5. The van der Waals surface area contributed by atoms with Crippen LogP contribution in [-0.2, 0) is 28.6 Å². The van der Waals surface area contributed by atoms with Crippen LogP contribution in [0.2, 0.25) is 0 Å². The van der Waals surface area contributed by atoms with E-state index in [1.54, 1.807) is 0 Å². The summed E-state index contributed by atoms with van der Waals surface area (Å²) in [7, 11) is 0. The van der Waals surface area contributed by atoms with Gasteiger partial charge in [-0.15, -0.1) is 0 Å². The standard InChI is InChI=1S/C47H90O6/c1-7-42(5)34-28-22-16-11-9-10-12-18-26-32-38-47(50)53-44(40-52-46(49)37-31-25-20-19-23-29-35-43(6)8-2)39-51-45(48)36-30-24-17-14-13-15-21-27-33-41(3)4/h41-44H,7-40H2,1-6H3/t42?,43?,44-/m0/s1. The Morgan fingerprint density at radius 1 is 0.377 bits per heavy atom. The van der Waals surface area contributed by atoms with E-state index in [0.29, 0.717) is 19.3 Å². The zero-order chi connectivity index (χ0) is 39.2. The second kappa shape index (κ2) is 38.7. The van der Waals surface area contributed by atoms with Crippen LogP contribution < -0.4 is 0 Å². The molecule has 0 fully saturated rings. The highest BCUT2D eigenvalue weighted by Crippen LogP contribution is 2.18. The van der Waals surface area contributed by atoms with E-state index >= 15 is 0 Å². The molecule has 0 aromatic rings. The first-order valence-corrected chi connectivity index (χ1v) is 23.2. The topological polar surface area (TPSA) is 78.9 Å². The van der Waals surface area contributed by atoms with Crippen LogP contribution in [0.25, 0.3) is 0 Å². The minimum atomic E-state index is -0.762. The lowest BCUT2D eigenvalue weighted by atomic mass is 9.99. The van der Waals surface area contributed by atoms with Crippen LogP contribution in [0.1, 0.15) is 247 Å². The van der Waals surface area contributed by atoms with Gasteiger partial charge in [0, 0.05) is 19.3 Å². The number of ether oxygens (including phenoxy) is 3. The predicted octanol–water partition coefficient (Wildman–Crippen LogP) is 14.4. The van der Waals surface area contributed by atoms with Crippen molar-refractivity contribution in [2.75, 3.05) is 13.2 Å². The van der Waals surface area contributed by atoms with Gasteiger partial charge in [0.2, 0.25) is 0 Å². The van der Waals surface area contributed by atoms with E-state index in [1.807, 2.05) is 0 Å². The van der Waals surface area contributed by atoms with Gasteiger partial charge in [0.1, 0.15) is 13.2 Å². The maximum Gasteiger partial charge on any atom is 0.306 e. The molecule has 0 aromatic carbocycles. The van der Waals surface area contributed by atoms with Crippen LogP contribution in [-0.4, -0.2) is 37.2 Å². The summed E-state index contributed by atoms with van der Waals surface area (Å²) in [5, 5.41) is 0. The smallest absolute Gasteiger partial charge is 0.306 e. The molecule has 0 radical (unpaired) electrons. The summed E-state index contributed by atoms with van der Waals surface area (Å²) in [6, 6.07) is 0. The highest BCUT2D eigenvalue weighted by atomic mass is 16.6. The number of hydrogen-bond acceptors (Lipinski definition) is 6. The third-order valence-corrected chi connectivity index (χ3v) is 11.1. The Morgan fingerprint density at radius 2 is 0.660 bits per heavy atom. The zero-order valence-electron chi connectivity index (χ0n) is 36.3. The van der Waals surface area contributed by atoms with E-state index in [0.717, 1.165) is 75.5 Å². The van der Waals surface area contributed by atoms with E-state index in [1.165, 1.54) is 128 Å². The Balaban J connectivity index is 4.36. The molecule has 0 aromatic heterocycles. The molecule has 0 amide bonds. The van der Waals surface area contributed by atoms with Gasteiger partial charge in [-0.1, -0.05) is 208 Å². The van der Waals surface area contributed by atoms with Gasteiger partial charge in [-0.25, -0.2) is 0 Å². The average molecular weight is 751 g/mol. The van der Waals surface area contributed by atoms with E-state index in [2.05, 4.69) is 41.5 Å². The van der Waals surface area contributed by atoms with E-state index in [9.17, 15) is 14.4 Å². The molecule has 0 saturated heterocycles. The molecule has 0 spiro atoms. The van der Waals surface area contributed by atoms with Gasteiger partial charge in [-0.2, -0.15) is 0 Å². The Labute approximate surface area is 329 Å².